The lowest BCUT2D eigenvalue weighted by molar-refractivity contribution is 0.0554. The molecule has 0 aliphatic carbocycles. The second-order valence-corrected chi connectivity index (χ2v) is 2.79. The van der Waals surface area contributed by atoms with Crippen LogP contribution < -0.4 is 5.73 Å². The van der Waals surface area contributed by atoms with E-state index < -0.39 is 12.1 Å². The number of rotatable bonds is 4. The van der Waals surface area contributed by atoms with Crippen molar-refractivity contribution >= 4 is 5.97 Å². The number of ether oxygens (including phenoxy) is 1. The van der Waals surface area contributed by atoms with Crippen molar-refractivity contribution in [2.45, 2.75) is 12.5 Å². The van der Waals surface area contributed by atoms with Gasteiger partial charge in [0.05, 0.1) is 7.11 Å². The molecule has 1 atom stereocenters. The van der Waals surface area contributed by atoms with Gasteiger partial charge >= 0.3 is 5.97 Å². The Morgan fingerprint density at radius 2 is 2.43 bits per heavy atom. The summed E-state index contributed by atoms with van der Waals surface area (Å²) in [5, 5.41) is 9.46. The lowest BCUT2D eigenvalue weighted by Crippen LogP contribution is -2.06. The predicted octanol–water partition coefficient (Wildman–Crippen LogP) is 0.448. The molecular formula is C9H13NO4. The zero-order valence-corrected chi connectivity index (χ0v) is 7.90. The van der Waals surface area contributed by atoms with Gasteiger partial charge in [-0.2, -0.15) is 0 Å². The minimum absolute atomic E-state index is 0.0820. The molecule has 5 nitrogen and oxygen atoms in total. The average Bonchev–Trinajstić information content (AvgIpc) is 2.66. The summed E-state index contributed by atoms with van der Waals surface area (Å²) in [5.41, 5.74) is 5.27. The Bertz CT molecular complexity index is 308. The van der Waals surface area contributed by atoms with E-state index in [0.717, 1.165) is 0 Å². The van der Waals surface area contributed by atoms with Gasteiger partial charge in [-0.1, -0.05) is 0 Å². The van der Waals surface area contributed by atoms with E-state index in [9.17, 15) is 9.90 Å². The lowest BCUT2D eigenvalue weighted by atomic mass is 10.2. The quantitative estimate of drug-likeness (QED) is 0.687. The molecule has 0 bridgehead atoms. The Kier molecular flexibility index (Phi) is 3.67. The highest BCUT2D eigenvalue weighted by Gasteiger charge is 2.15. The van der Waals surface area contributed by atoms with Gasteiger partial charge in [-0.15, -0.1) is 0 Å². The first-order valence-electron chi connectivity index (χ1n) is 4.25. The molecule has 3 N–H and O–H groups in total. The van der Waals surface area contributed by atoms with Gasteiger partial charge in [0.2, 0.25) is 5.76 Å². The molecule has 1 heterocycles. The fourth-order valence-electron chi connectivity index (χ4n) is 1.04. The number of furan rings is 1. The maximum absolute atomic E-state index is 11.0. The van der Waals surface area contributed by atoms with Crippen LogP contribution in [0.4, 0.5) is 0 Å². The third-order valence-electron chi connectivity index (χ3n) is 1.78. The second kappa shape index (κ2) is 4.78. The number of methoxy groups -OCH3 is 1. The molecule has 0 saturated carbocycles. The van der Waals surface area contributed by atoms with E-state index in [0.29, 0.717) is 18.7 Å². The van der Waals surface area contributed by atoms with Crippen LogP contribution in [0.2, 0.25) is 0 Å². The number of esters is 1. The van der Waals surface area contributed by atoms with Gasteiger partial charge < -0.3 is 20.0 Å². The third-order valence-corrected chi connectivity index (χ3v) is 1.78. The second-order valence-electron chi connectivity index (χ2n) is 2.79. The molecule has 78 valence electrons. The molecule has 0 aliphatic heterocycles. The van der Waals surface area contributed by atoms with Crippen molar-refractivity contribution in [2.24, 2.45) is 5.73 Å². The topological polar surface area (TPSA) is 85.7 Å². The Hall–Kier alpha value is -1.33. The maximum atomic E-state index is 11.0. The summed E-state index contributed by atoms with van der Waals surface area (Å²) in [4.78, 5) is 11.0. The molecule has 0 saturated heterocycles. The Morgan fingerprint density at radius 1 is 1.71 bits per heavy atom. The predicted molar refractivity (Wildman–Crippen MR) is 48.7 cm³/mol. The molecule has 0 spiro atoms. The lowest BCUT2D eigenvalue weighted by Gasteiger charge is -2.04. The van der Waals surface area contributed by atoms with E-state index in [4.69, 9.17) is 10.2 Å². The fraction of sp³-hybridized carbons (Fsp3) is 0.444. The molecule has 0 radical (unpaired) electrons. The average molecular weight is 199 g/mol. The fourth-order valence-corrected chi connectivity index (χ4v) is 1.04. The summed E-state index contributed by atoms with van der Waals surface area (Å²) in [5.74, 6) is -0.148. The largest absolute Gasteiger partial charge is 0.463 e. The molecule has 0 amide bonds. The van der Waals surface area contributed by atoms with Gasteiger partial charge in [-0.05, 0) is 25.1 Å². The van der Waals surface area contributed by atoms with Crippen LogP contribution in [0.15, 0.2) is 16.5 Å². The number of aliphatic hydroxyl groups is 1. The van der Waals surface area contributed by atoms with Crippen LogP contribution in [0, 0.1) is 0 Å². The van der Waals surface area contributed by atoms with Crippen LogP contribution in [0.3, 0.4) is 0 Å². The van der Waals surface area contributed by atoms with Crippen molar-refractivity contribution in [1.29, 1.82) is 0 Å². The first-order valence-corrected chi connectivity index (χ1v) is 4.25. The van der Waals surface area contributed by atoms with Gasteiger partial charge in [0.25, 0.3) is 0 Å². The highest BCUT2D eigenvalue weighted by molar-refractivity contribution is 5.86. The van der Waals surface area contributed by atoms with E-state index in [1.807, 2.05) is 0 Å². The Morgan fingerprint density at radius 3 is 3.00 bits per heavy atom. The molecule has 1 aromatic rings. The van der Waals surface area contributed by atoms with Crippen LogP contribution in [-0.4, -0.2) is 24.7 Å². The minimum Gasteiger partial charge on any atom is -0.463 e. The molecule has 0 unspecified atom stereocenters. The van der Waals surface area contributed by atoms with Crippen molar-refractivity contribution < 1.29 is 19.1 Å². The SMILES string of the molecule is COC(=O)c1ccc([C@@H](O)CCN)o1. The third kappa shape index (κ3) is 2.34. The first-order chi connectivity index (χ1) is 6.69. The van der Waals surface area contributed by atoms with Crippen LogP contribution in [0.5, 0.6) is 0 Å². The highest BCUT2D eigenvalue weighted by Crippen LogP contribution is 2.19. The van der Waals surface area contributed by atoms with E-state index in [1.54, 1.807) is 0 Å². The van der Waals surface area contributed by atoms with Gasteiger partial charge in [0.15, 0.2) is 0 Å². The van der Waals surface area contributed by atoms with Gasteiger partial charge in [-0.25, -0.2) is 4.79 Å². The molecule has 1 rings (SSSR count). The summed E-state index contributed by atoms with van der Waals surface area (Å²) < 4.78 is 9.52. The molecule has 5 heteroatoms. The van der Waals surface area contributed by atoms with E-state index in [-0.39, 0.29) is 5.76 Å². The monoisotopic (exact) mass is 199 g/mol. The van der Waals surface area contributed by atoms with Gasteiger partial charge in [-0.3, -0.25) is 0 Å². The van der Waals surface area contributed by atoms with E-state index in [2.05, 4.69) is 4.74 Å². The van der Waals surface area contributed by atoms with Crippen LogP contribution >= 0.6 is 0 Å². The molecule has 14 heavy (non-hydrogen) atoms. The minimum atomic E-state index is -0.765. The van der Waals surface area contributed by atoms with Crippen LogP contribution in [0.25, 0.3) is 0 Å². The summed E-state index contributed by atoms with van der Waals surface area (Å²) in [6.07, 6.45) is -0.368. The Labute approximate surface area is 81.5 Å². The van der Waals surface area contributed by atoms with Crippen molar-refractivity contribution in [3.05, 3.63) is 23.7 Å². The zero-order valence-electron chi connectivity index (χ0n) is 7.90. The standard InChI is InChI=1S/C9H13NO4/c1-13-9(12)8-3-2-7(14-8)6(11)4-5-10/h2-3,6,11H,4-5,10H2,1H3/t6-/m0/s1. The summed E-state index contributed by atoms with van der Waals surface area (Å²) >= 11 is 0. The van der Waals surface area contributed by atoms with Crippen LogP contribution in [0.1, 0.15) is 28.8 Å². The van der Waals surface area contributed by atoms with Crippen LogP contribution in [-0.2, 0) is 4.74 Å². The maximum Gasteiger partial charge on any atom is 0.373 e. The first kappa shape index (κ1) is 10.7. The van der Waals surface area contributed by atoms with Crippen molar-refractivity contribution in [1.82, 2.24) is 0 Å². The van der Waals surface area contributed by atoms with Gasteiger partial charge in [0, 0.05) is 0 Å². The van der Waals surface area contributed by atoms with Crippen molar-refractivity contribution in [2.75, 3.05) is 13.7 Å². The molecule has 0 aliphatic rings. The van der Waals surface area contributed by atoms with E-state index in [1.165, 1.54) is 19.2 Å². The number of carbonyl (C=O) groups is 1. The van der Waals surface area contributed by atoms with E-state index >= 15 is 0 Å². The molecule has 0 fully saturated rings. The normalized spacial score (nSPS) is 12.5. The zero-order chi connectivity index (χ0) is 10.6. The number of hydrogen-bond donors (Lipinski definition) is 2. The highest BCUT2D eigenvalue weighted by atomic mass is 16.5. The summed E-state index contributed by atoms with van der Waals surface area (Å²) in [6.45, 7) is 0.357. The molecular weight excluding hydrogens is 186 g/mol. The molecule has 0 aromatic carbocycles. The van der Waals surface area contributed by atoms with Crippen molar-refractivity contribution in [3.8, 4) is 0 Å². The smallest absolute Gasteiger partial charge is 0.373 e. The van der Waals surface area contributed by atoms with Gasteiger partial charge in [0.1, 0.15) is 11.9 Å². The number of nitrogens with two attached hydrogens (primary N) is 1. The summed E-state index contributed by atoms with van der Waals surface area (Å²) in [6, 6.07) is 2.99. The van der Waals surface area contributed by atoms with Crippen molar-refractivity contribution in [3.63, 3.8) is 0 Å². The number of hydrogen-bond acceptors (Lipinski definition) is 5. The number of aliphatic hydroxyl groups excluding tert-OH is 1. The number of carbonyl (C=O) groups excluding carboxylic acids is 1. The molecule has 1 aromatic heterocycles. The summed E-state index contributed by atoms with van der Waals surface area (Å²) in [7, 11) is 1.26. The Balaban J connectivity index is 2.72.